The van der Waals surface area contributed by atoms with Gasteiger partial charge in [-0.15, -0.1) is 4.55 Å². The zero-order valence-corrected chi connectivity index (χ0v) is 9.76. The molecule has 0 N–H and O–H groups in total. The van der Waals surface area contributed by atoms with Gasteiger partial charge in [0.2, 0.25) is 0 Å². The molecule has 0 aromatic rings. The van der Waals surface area contributed by atoms with Crippen LogP contribution in [0.15, 0.2) is 12.2 Å². The third kappa shape index (κ3) is 10.7. The number of hydrogen-bond donors (Lipinski definition) is 0. The average molecular weight is 203 g/mol. The van der Waals surface area contributed by atoms with Crippen molar-refractivity contribution in [1.82, 2.24) is 0 Å². The maximum atomic E-state index is 5.65. The largest absolute Gasteiger partial charge is 0.501 e. The van der Waals surface area contributed by atoms with Crippen molar-refractivity contribution in [2.45, 2.75) is 17.4 Å². The summed E-state index contributed by atoms with van der Waals surface area (Å²) in [5, 5.41) is 0. The zero-order chi connectivity index (χ0) is 9.07. The molecule has 0 fully saturated rings. The Kier molecular flexibility index (Phi) is 12.4. The van der Waals surface area contributed by atoms with Gasteiger partial charge in [-0.2, -0.15) is 0 Å². The lowest BCUT2D eigenvalue weighted by atomic mass is 10.3. The Morgan fingerprint density at radius 1 is 1.33 bits per heavy atom. The van der Waals surface area contributed by atoms with E-state index in [0.29, 0.717) is 6.79 Å². The van der Waals surface area contributed by atoms with Gasteiger partial charge in [0, 0.05) is 7.11 Å². The van der Waals surface area contributed by atoms with Gasteiger partial charge < -0.3 is 18.5 Å². The zero-order valence-electron chi connectivity index (χ0n) is 7.59. The summed E-state index contributed by atoms with van der Waals surface area (Å²) in [5.41, 5.74) is 0. The first-order chi connectivity index (χ1) is 5.91. The average Bonchev–Trinajstić information content (AvgIpc) is 2.10. The van der Waals surface area contributed by atoms with Crippen molar-refractivity contribution in [1.29, 1.82) is 0 Å². The van der Waals surface area contributed by atoms with E-state index in [2.05, 4.69) is 12.2 Å². The van der Waals surface area contributed by atoms with Gasteiger partial charge >= 0.3 is 19.3 Å². The molecule has 0 aromatic heterocycles. The lowest BCUT2D eigenvalue weighted by molar-refractivity contribution is -0.0285. The molecule has 2 nitrogen and oxygen atoms in total. The van der Waals surface area contributed by atoms with Crippen LogP contribution in [-0.4, -0.2) is 39.8 Å². The standard InChI is InChI=1S/C8H15O2.ClH.Mg/c1-3-4-5-6-7-10-8-9-2;;/h4-5H,1,3,6-8H2,2H3;1H;/q;;+1/p-1/b5-4-;;. The Labute approximate surface area is 87.8 Å². The molecule has 0 atom stereocenters. The molecule has 4 heteroatoms. The minimum atomic E-state index is -0.264. The Morgan fingerprint density at radius 3 is 2.75 bits per heavy atom. The number of rotatable bonds is 8. The molecule has 12 heavy (non-hydrogen) atoms. The van der Waals surface area contributed by atoms with Crippen molar-refractivity contribution in [3.63, 3.8) is 0 Å². The van der Waals surface area contributed by atoms with Crippen LogP contribution in [0.1, 0.15) is 12.8 Å². The first-order valence-electron chi connectivity index (χ1n) is 4.19. The van der Waals surface area contributed by atoms with E-state index < -0.39 is 0 Å². The van der Waals surface area contributed by atoms with E-state index in [9.17, 15) is 0 Å². The maximum Gasteiger partial charge on any atom is 0.501 e. The Hall–Kier alpha value is 0.716. The molecule has 0 bridgehead atoms. The smallest absolute Gasteiger partial charge is 0.359 e. The van der Waals surface area contributed by atoms with Gasteiger partial charge in [0.15, 0.2) is 0 Å². The molecule has 0 unspecified atom stereocenters. The fourth-order valence-electron chi connectivity index (χ4n) is 0.724. The van der Waals surface area contributed by atoms with Gasteiger partial charge in [0.05, 0.1) is 6.61 Å². The van der Waals surface area contributed by atoms with Crippen molar-refractivity contribution >= 4 is 28.3 Å². The molecule has 68 valence electrons. The van der Waals surface area contributed by atoms with Crippen LogP contribution in [0.5, 0.6) is 0 Å². The van der Waals surface area contributed by atoms with Gasteiger partial charge in [-0.3, -0.25) is 0 Å². The highest BCUT2D eigenvalue weighted by Gasteiger charge is 1.86. The topological polar surface area (TPSA) is 18.5 Å². The normalized spacial score (nSPS) is 10.5. The summed E-state index contributed by atoms with van der Waals surface area (Å²) in [4.78, 5) is 0. The summed E-state index contributed by atoms with van der Waals surface area (Å²) >= 11 is -0.264. The van der Waals surface area contributed by atoms with Gasteiger partial charge in [0.25, 0.3) is 0 Å². The van der Waals surface area contributed by atoms with E-state index in [1.54, 1.807) is 7.11 Å². The van der Waals surface area contributed by atoms with Gasteiger partial charge in [-0.25, -0.2) is 0 Å². The number of methoxy groups -OCH3 is 1. The minimum absolute atomic E-state index is 0.264. The highest BCUT2D eigenvalue weighted by Crippen LogP contribution is 1.94. The summed E-state index contributed by atoms with van der Waals surface area (Å²) in [6.45, 7) is 1.13. The predicted molar refractivity (Wildman–Crippen MR) is 52.6 cm³/mol. The fraction of sp³-hybridized carbons (Fsp3) is 0.750. The molecule has 0 radical (unpaired) electrons. The van der Waals surface area contributed by atoms with Gasteiger partial charge in [0.1, 0.15) is 6.79 Å². The SMILES string of the molecule is COCOCC/C=C\C[CH2][Mg][Cl]. The van der Waals surface area contributed by atoms with Crippen molar-refractivity contribution in [2.75, 3.05) is 20.5 Å². The number of ether oxygens (including phenoxy) is 2. The van der Waals surface area contributed by atoms with Crippen molar-refractivity contribution in [3.05, 3.63) is 12.2 Å². The minimum Gasteiger partial charge on any atom is -0.359 e. The van der Waals surface area contributed by atoms with Gasteiger partial charge in [-0.05, 0) is 6.42 Å². The molecular weight excluding hydrogens is 188 g/mol. The maximum absolute atomic E-state index is 5.65. The van der Waals surface area contributed by atoms with Crippen molar-refractivity contribution in [2.24, 2.45) is 0 Å². The number of allylic oxidation sites excluding steroid dienone is 1. The van der Waals surface area contributed by atoms with Crippen LogP contribution < -0.4 is 0 Å². The first-order valence-corrected chi connectivity index (χ1v) is 7.33. The van der Waals surface area contributed by atoms with Gasteiger partial charge in [-0.1, -0.05) is 18.6 Å². The highest BCUT2D eigenvalue weighted by molar-refractivity contribution is 6.93. The molecule has 0 spiro atoms. The second kappa shape index (κ2) is 11.7. The molecule has 0 heterocycles. The quantitative estimate of drug-likeness (QED) is 0.260. The molecule has 0 rings (SSSR count). The summed E-state index contributed by atoms with van der Waals surface area (Å²) in [6, 6.07) is 0. The van der Waals surface area contributed by atoms with E-state index in [0.717, 1.165) is 19.4 Å². The molecule has 0 aliphatic rings. The molecule has 0 saturated heterocycles. The summed E-state index contributed by atoms with van der Waals surface area (Å²) < 4.78 is 11.0. The second-order valence-electron chi connectivity index (χ2n) is 2.41. The monoisotopic (exact) mass is 202 g/mol. The summed E-state index contributed by atoms with van der Waals surface area (Å²) in [6.07, 6.45) is 6.40. The Morgan fingerprint density at radius 2 is 2.08 bits per heavy atom. The van der Waals surface area contributed by atoms with E-state index >= 15 is 0 Å². The number of halogens is 1. The van der Waals surface area contributed by atoms with Crippen LogP contribution in [-0.2, 0) is 9.47 Å². The first kappa shape index (κ1) is 12.7. The predicted octanol–water partition coefficient (Wildman–Crippen LogP) is 2.22. The lowest BCUT2D eigenvalue weighted by Crippen LogP contribution is -1.96. The van der Waals surface area contributed by atoms with Crippen LogP contribution >= 0.6 is 9.07 Å². The molecule has 0 aliphatic carbocycles. The van der Waals surface area contributed by atoms with E-state index in [-0.39, 0.29) is 19.3 Å². The molecule has 0 saturated carbocycles. The Bertz CT molecular complexity index is 109. The van der Waals surface area contributed by atoms with Crippen LogP contribution in [0, 0.1) is 0 Å². The second-order valence-corrected chi connectivity index (χ2v) is 4.63. The summed E-state index contributed by atoms with van der Waals surface area (Å²) in [7, 11) is 7.27. The van der Waals surface area contributed by atoms with E-state index in [1.165, 1.54) is 4.55 Å². The van der Waals surface area contributed by atoms with Crippen molar-refractivity contribution < 1.29 is 9.47 Å². The molecule has 0 aromatic carbocycles. The van der Waals surface area contributed by atoms with Crippen LogP contribution in [0.2, 0.25) is 4.55 Å². The van der Waals surface area contributed by atoms with Crippen LogP contribution in [0.4, 0.5) is 0 Å². The number of hydrogen-bond acceptors (Lipinski definition) is 2. The Balaban J connectivity index is 2.92. The molecular formula is C8H15ClMgO2. The molecule has 0 aliphatic heterocycles. The van der Waals surface area contributed by atoms with E-state index in [1.807, 2.05) is 0 Å². The van der Waals surface area contributed by atoms with E-state index in [4.69, 9.17) is 18.5 Å². The fourth-order valence-corrected chi connectivity index (χ4v) is 1.58. The third-order valence-corrected chi connectivity index (χ3v) is 2.78. The molecule has 0 amide bonds. The summed E-state index contributed by atoms with van der Waals surface area (Å²) in [5.74, 6) is 0. The third-order valence-electron chi connectivity index (χ3n) is 1.30. The lowest BCUT2D eigenvalue weighted by Gasteiger charge is -1.98. The highest BCUT2D eigenvalue weighted by atomic mass is 35.5. The van der Waals surface area contributed by atoms with Crippen LogP contribution in [0.3, 0.4) is 0 Å². The van der Waals surface area contributed by atoms with Crippen molar-refractivity contribution in [3.8, 4) is 0 Å². The van der Waals surface area contributed by atoms with Crippen LogP contribution in [0.25, 0.3) is 0 Å².